The van der Waals surface area contributed by atoms with Crippen molar-refractivity contribution in [2.24, 2.45) is 0 Å². The average molecular weight is 481 g/mol. The molecular formula is C33H28N4. The number of rotatable bonds is 8. The fraction of sp³-hybridized carbons (Fsp3) is 0.0909. The van der Waals surface area contributed by atoms with Gasteiger partial charge in [-0.2, -0.15) is 5.26 Å². The molecule has 0 aliphatic carbocycles. The number of anilines is 2. The lowest BCUT2D eigenvalue weighted by Crippen LogP contribution is -2.14. The van der Waals surface area contributed by atoms with Gasteiger partial charge in [0.25, 0.3) is 0 Å². The van der Waals surface area contributed by atoms with Crippen molar-refractivity contribution in [2.45, 2.75) is 12.8 Å². The molecule has 180 valence electrons. The molecule has 0 radical (unpaired) electrons. The lowest BCUT2D eigenvalue weighted by atomic mass is 10.1. The highest BCUT2D eigenvalue weighted by molar-refractivity contribution is 6.09. The number of nitriles is 1. The molecule has 0 N–H and O–H groups in total. The number of benzene rings is 3. The third-order valence-corrected chi connectivity index (χ3v) is 6.50. The first kappa shape index (κ1) is 23.8. The van der Waals surface area contributed by atoms with E-state index in [0.717, 1.165) is 52.0 Å². The van der Waals surface area contributed by atoms with Gasteiger partial charge in [-0.3, -0.25) is 4.57 Å². The zero-order valence-electron chi connectivity index (χ0n) is 20.9. The van der Waals surface area contributed by atoms with Crippen LogP contribution in [0, 0.1) is 11.3 Å². The van der Waals surface area contributed by atoms with Crippen molar-refractivity contribution in [1.82, 2.24) is 9.55 Å². The van der Waals surface area contributed by atoms with E-state index in [9.17, 15) is 5.26 Å². The number of pyridine rings is 1. The van der Waals surface area contributed by atoms with E-state index in [2.05, 4.69) is 83.8 Å². The largest absolute Gasteiger partial charge is 0.329 e. The molecule has 0 bridgehead atoms. The molecule has 37 heavy (non-hydrogen) atoms. The Labute approximate surface area is 217 Å². The summed E-state index contributed by atoms with van der Waals surface area (Å²) in [5, 5.41) is 11.6. The number of nitrogens with zero attached hydrogens (tertiary/aromatic N) is 4. The van der Waals surface area contributed by atoms with Gasteiger partial charge in [0.2, 0.25) is 0 Å². The highest BCUT2D eigenvalue weighted by Crippen LogP contribution is 2.33. The van der Waals surface area contributed by atoms with Gasteiger partial charge in [-0.25, -0.2) is 4.98 Å². The second-order valence-electron chi connectivity index (χ2n) is 8.81. The Hall–Kier alpha value is -4.88. The van der Waals surface area contributed by atoms with Crippen molar-refractivity contribution in [1.29, 1.82) is 5.26 Å². The highest BCUT2D eigenvalue weighted by Gasteiger charge is 2.15. The second-order valence-corrected chi connectivity index (χ2v) is 8.81. The summed E-state index contributed by atoms with van der Waals surface area (Å²) >= 11 is 0. The van der Waals surface area contributed by atoms with Crippen molar-refractivity contribution >= 4 is 33.3 Å². The monoisotopic (exact) mass is 480 g/mol. The highest BCUT2D eigenvalue weighted by atomic mass is 15.2. The molecule has 0 spiro atoms. The number of aromatic nitrogens is 2. The minimum atomic E-state index is 0.652. The smallest absolute Gasteiger partial charge is 0.140 e. The van der Waals surface area contributed by atoms with Crippen LogP contribution in [0.15, 0.2) is 122 Å². The Bertz CT molecular complexity index is 1680. The number of fused-ring (bicyclic) bond motifs is 3. The predicted octanol–water partition coefficient (Wildman–Crippen LogP) is 8.05. The maximum atomic E-state index is 9.44. The van der Waals surface area contributed by atoms with E-state index in [1.807, 2.05) is 54.6 Å². The molecule has 0 aliphatic rings. The lowest BCUT2D eigenvalue weighted by Gasteiger charge is -2.22. The molecule has 0 aliphatic heterocycles. The van der Waals surface area contributed by atoms with Crippen LogP contribution in [0.1, 0.15) is 17.5 Å². The van der Waals surface area contributed by atoms with Crippen LogP contribution in [0.4, 0.5) is 11.5 Å². The summed E-state index contributed by atoms with van der Waals surface area (Å²) in [4.78, 5) is 7.24. The van der Waals surface area contributed by atoms with Crippen LogP contribution in [0.3, 0.4) is 0 Å². The van der Waals surface area contributed by atoms with Crippen LogP contribution in [0.25, 0.3) is 27.6 Å². The van der Waals surface area contributed by atoms with Crippen LogP contribution in [0.2, 0.25) is 0 Å². The molecule has 0 atom stereocenters. The maximum absolute atomic E-state index is 9.44. The summed E-state index contributed by atoms with van der Waals surface area (Å²) in [6.45, 7) is 3.71. The maximum Gasteiger partial charge on any atom is 0.140 e. The van der Waals surface area contributed by atoms with Gasteiger partial charge in [-0.05, 0) is 60.9 Å². The fourth-order valence-electron chi connectivity index (χ4n) is 4.71. The molecule has 4 nitrogen and oxygen atoms in total. The average Bonchev–Trinajstić information content (AvgIpc) is 3.28. The summed E-state index contributed by atoms with van der Waals surface area (Å²) in [7, 11) is 2.06. The van der Waals surface area contributed by atoms with Crippen molar-refractivity contribution in [3.8, 4) is 11.9 Å². The van der Waals surface area contributed by atoms with Crippen LogP contribution in [-0.4, -0.2) is 16.6 Å². The van der Waals surface area contributed by atoms with E-state index < -0.39 is 0 Å². The zero-order valence-corrected chi connectivity index (χ0v) is 20.9. The van der Waals surface area contributed by atoms with Gasteiger partial charge in [-0.15, -0.1) is 0 Å². The summed E-state index contributed by atoms with van der Waals surface area (Å²) in [6.07, 6.45) is 12.0. The molecule has 5 rings (SSSR count). The van der Waals surface area contributed by atoms with Gasteiger partial charge in [0, 0.05) is 23.5 Å². The Kier molecular flexibility index (Phi) is 6.96. The van der Waals surface area contributed by atoms with Crippen molar-refractivity contribution < 1.29 is 0 Å². The first-order valence-corrected chi connectivity index (χ1v) is 12.4. The van der Waals surface area contributed by atoms with Crippen LogP contribution < -0.4 is 4.90 Å². The van der Waals surface area contributed by atoms with Gasteiger partial charge in [-0.1, -0.05) is 79.4 Å². The molecule has 0 amide bonds. The van der Waals surface area contributed by atoms with E-state index in [0.29, 0.717) is 5.56 Å². The minimum absolute atomic E-state index is 0.652. The normalized spacial score (nSPS) is 11.5. The molecule has 0 saturated heterocycles. The summed E-state index contributed by atoms with van der Waals surface area (Å²) < 4.78 is 2.18. The molecule has 0 saturated carbocycles. The lowest BCUT2D eigenvalue weighted by molar-refractivity contribution is 1.04. The third-order valence-electron chi connectivity index (χ3n) is 6.50. The molecule has 4 heteroatoms. The molecule has 2 heterocycles. The number of allylic oxidation sites excluding steroid dienone is 5. The van der Waals surface area contributed by atoms with Gasteiger partial charge in [0.15, 0.2) is 0 Å². The standard InChI is InChI=1S/C33H28N4/c1-3-4-5-6-7-8-14-26-15-9-11-17-29(26)36(2)32-19-13-20-33(35-32)37-30-18-12-10-16-27(30)28-23-25(24-34)21-22-31(28)37/h3-5,7-13,15-23H,1,6,14H2,2H3/b5-4-,8-7-. The predicted molar refractivity (Wildman–Crippen MR) is 155 cm³/mol. The van der Waals surface area contributed by atoms with Gasteiger partial charge < -0.3 is 4.90 Å². The number of para-hydroxylation sites is 2. The van der Waals surface area contributed by atoms with Crippen LogP contribution in [0.5, 0.6) is 0 Å². The summed E-state index contributed by atoms with van der Waals surface area (Å²) in [5.41, 5.74) is 5.11. The van der Waals surface area contributed by atoms with Crippen molar-refractivity contribution in [3.05, 3.63) is 133 Å². The molecule has 3 aromatic carbocycles. The Balaban J connectivity index is 1.53. The van der Waals surface area contributed by atoms with E-state index >= 15 is 0 Å². The zero-order chi connectivity index (χ0) is 25.6. The van der Waals surface area contributed by atoms with E-state index in [-0.39, 0.29) is 0 Å². The number of hydrogen-bond acceptors (Lipinski definition) is 3. The van der Waals surface area contributed by atoms with Gasteiger partial charge in [0.05, 0.1) is 22.7 Å². The SMILES string of the molecule is C=C/C=C\C/C=C\Cc1ccccc1N(C)c1cccc(-n2c3ccccc3c3cc(C#N)ccc32)n1. The molecule has 2 aromatic heterocycles. The molecule has 5 aromatic rings. The Morgan fingerprint density at radius 2 is 1.70 bits per heavy atom. The second kappa shape index (κ2) is 10.8. The van der Waals surface area contributed by atoms with Gasteiger partial charge in [0.1, 0.15) is 11.6 Å². The van der Waals surface area contributed by atoms with E-state index in [1.54, 1.807) is 6.08 Å². The Morgan fingerprint density at radius 1 is 0.892 bits per heavy atom. The summed E-state index contributed by atoms with van der Waals surface area (Å²) in [6, 6.07) is 30.9. The van der Waals surface area contributed by atoms with E-state index in [4.69, 9.17) is 4.98 Å². The van der Waals surface area contributed by atoms with Gasteiger partial charge >= 0.3 is 0 Å². The van der Waals surface area contributed by atoms with Crippen molar-refractivity contribution in [3.63, 3.8) is 0 Å². The first-order valence-electron chi connectivity index (χ1n) is 12.4. The summed E-state index contributed by atoms with van der Waals surface area (Å²) in [5.74, 6) is 1.70. The van der Waals surface area contributed by atoms with Crippen molar-refractivity contribution in [2.75, 3.05) is 11.9 Å². The van der Waals surface area contributed by atoms with Crippen LogP contribution in [-0.2, 0) is 6.42 Å². The third kappa shape index (κ3) is 4.80. The molecule has 0 unspecified atom stereocenters. The first-order chi connectivity index (χ1) is 18.2. The quantitative estimate of drug-likeness (QED) is 0.167. The van der Waals surface area contributed by atoms with Crippen LogP contribution >= 0.6 is 0 Å². The van der Waals surface area contributed by atoms with E-state index in [1.165, 1.54) is 5.56 Å². The fourth-order valence-corrected chi connectivity index (χ4v) is 4.71. The number of hydrogen-bond donors (Lipinski definition) is 0. The minimum Gasteiger partial charge on any atom is -0.329 e. The molecule has 0 fully saturated rings. The Morgan fingerprint density at radius 3 is 2.57 bits per heavy atom. The molecular weight excluding hydrogens is 452 g/mol. The topological polar surface area (TPSA) is 44.9 Å².